The zero-order valence-electron chi connectivity index (χ0n) is 17.1. The topological polar surface area (TPSA) is 75.7 Å². The number of carbonyl (C=O) groups is 1. The third-order valence-corrected chi connectivity index (χ3v) is 7.54. The molecule has 2 aromatic carbocycles. The Morgan fingerprint density at radius 2 is 1.86 bits per heavy atom. The van der Waals surface area contributed by atoms with Gasteiger partial charge in [0.2, 0.25) is 15.9 Å². The zero-order chi connectivity index (χ0) is 21.1. The van der Waals surface area contributed by atoms with Crippen LogP contribution in [0.15, 0.2) is 53.4 Å². The molecule has 1 amide bonds. The predicted molar refractivity (Wildman–Crippen MR) is 112 cm³/mol. The van der Waals surface area contributed by atoms with Gasteiger partial charge in [-0.25, -0.2) is 8.42 Å². The lowest BCUT2D eigenvalue weighted by molar-refractivity contribution is -0.132. The van der Waals surface area contributed by atoms with Gasteiger partial charge >= 0.3 is 0 Å². The summed E-state index contributed by atoms with van der Waals surface area (Å²) in [4.78, 5) is 13.2. The Kier molecular flexibility index (Phi) is 6.29. The number of piperidine rings is 1. The van der Waals surface area contributed by atoms with E-state index in [0.29, 0.717) is 36.4 Å². The van der Waals surface area contributed by atoms with Crippen LogP contribution in [-0.2, 0) is 21.4 Å². The second-order valence-corrected chi connectivity index (χ2v) is 9.71. The third-order valence-electron chi connectivity index (χ3n) is 5.53. The van der Waals surface area contributed by atoms with E-state index in [9.17, 15) is 13.2 Å². The van der Waals surface area contributed by atoms with Crippen LogP contribution < -0.4 is 10.1 Å². The summed E-state index contributed by atoms with van der Waals surface area (Å²) in [6, 6.07) is 14.5. The average Bonchev–Trinajstić information content (AvgIpc) is 2.72. The molecule has 1 heterocycles. The molecule has 7 heteroatoms. The maximum atomic E-state index is 13.1. The first kappa shape index (κ1) is 21.3. The van der Waals surface area contributed by atoms with E-state index >= 15 is 0 Å². The first-order chi connectivity index (χ1) is 13.8. The molecule has 1 fully saturated rings. The molecular weight excluding hydrogens is 388 g/mol. The summed E-state index contributed by atoms with van der Waals surface area (Å²) in [5, 5.41) is 2.97. The van der Waals surface area contributed by atoms with Crippen LogP contribution in [0.2, 0.25) is 0 Å². The van der Waals surface area contributed by atoms with E-state index in [0.717, 1.165) is 11.3 Å². The van der Waals surface area contributed by atoms with Crippen molar-refractivity contribution in [1.82, 2.24) is 9.62 Å². The van der Waals surface area contributed by atoms with Crippen molar-refractivity contribution in [3.8, 4) is 5.75 Å². The maximum Gasteiger partial charge on any atom is 0.243 e. The van der Waals surface area contributed by atoms with Gasteiger partial charge in [0.15, 0.2) is 0 Å². The van der Waals surface area contributed by atoms with Gasteiger partial charge in [0.1, 0.15) is 5.75 Å². The highest BCUT2D eigenvalue weighted by Crippen LogP contribution is 2.33. The van der Waals surface area contributed by atoms with Crippen molar-refractivity contribution in [2.24, 2.45) is 5.41 Å². The molecule has 0 saturated carbocycles. The molecule has 2 aromatic rings. The van der Waals surface area contributed by atoms with E-state index in [-0.39, 0.29) is 12.5 Å². The van der Waals surface area contributed by atoms with Gasteiger partial charge in [0.25, 0.3) is 0 Å². The van der Waals surface area contributed by atoms with Gasteiger partial charge < -0.3 is 10.1 Å². The number of methoxy groups -OCH3 is 1. The van der Waals surface area contributed by atoms with Crippen molar-refractivity contribution in [2.45, 2.75) is 38.1 Å². The monoisotopic (exact) mass is 416 g/mol. The van der Waals surface area contributed by atoms with Crippen LogP contribution in [0.3, 0.4) is 0 Å². The Morgan fingerprint density at radius 1 is 1.17 bits per heavy atom. The van der Waals surface area contributed by atoms with Crippen molar-refractivity contribution in [2.75, 3.05) is 20.2 Å². The van der Waals surface area contributed by atoms with Crippen molar-refractivity contribution < 1.29 is 17.9 Å². The van der Waals surface area contributed by atoms with Crippen molar-refractivity contribution >= 4 is 15.9 Å². The number of carbonyl (C=O) groups excluding carboxylic acids is 1. The van der Waals surface area contributed by atoms with Crippen molar-refractivity contribution in [3.63, 3.8) is 0 Å². The number of rotatable bonds is 6. The van der Waals surface area contributed by atoms with Crippen LogP contribution in [0.25, 0.3) is 0 Å². The van der Waals surface area contributed by atoms with Gasteiger partial charge in [-0.05, 0) is 56.0 Å². The molecule has 0 aromatic heterocycles. The summed E-state index contributed by atoms with van der Waals surface area (Å²) in [7, 11) is -2.02. The predicted octanol–water partition coefficient (Wildman–Crippen LogP) is 3.11. The molecule has 156 valence electrons. The van der Waals surface area contributed by atoms with Gasteiger partial charge in [0.05, 0.1) is 17.4 Å². The van der Waals surface area contributed by atoms with Crippen LogP contribution in [0.4, 0.5) is 0 Å². The Bertz CT molecular complexity index is 973. The van der Waals surface area contributed by atoms with Crippen molar-refractivity contribution in [3.05, 3.63) is 59.7 Å². The Labute approximate surface area is 172 Å². The molecule has 0 unspecified atom stereocenters. The van der Waals surface area contributed by atoms with E-state index in [2.05, 4.69) is 5.32 Å². The quantitative estimate of drug-likeness (QED) is 0.785. The highest BCUT2D eigenvalue weighted by Gasteiger charge is 2.42. The van der Waals surface area contributed by atoms with Gasteiger partial charge in [-0.2, -0.15) is 4.31 Å². The fourth-order valence-corrected chi connectivity index (χ4v) is 5.54. The second kappa shape index (κ2) is 8.55. The maximum absolute atomic E-state index is 13.1. The number of ether oxygens (including phenoxy) is 1. The second-order valence-electron chi connectivity index (χ2n) is 7.80. The summed E-state index contributed by atoms with van der Waals surface area (Å²) in [5.41, 5.74) is 0.909. The van der Waals surface area contributed by atoms with E-state index in [1.54, 1.807) is 32.2 Å². The number of nitrogens with one attached hydrogen (secondary N) is 1. The Balaban J connectivity index is 1.70. The molecule has 1 atom stereocenters. The Morgan fingerprint density at radius 3 is 2.52 bits per heavy atom. The van der Waals surface area contributed by atoms with Crippen molar-refractivity contribution in [1.29, 1.82) is 0 Å². The van der Waals surface area contributed by atoms with Gasteiger partial charge in [-0.15, -0.1) is 0 Å². The number of benzene rings is 2. The minimum atomic E-state index is -3.63. The fourth-order valence-electron chi connectivity index (χ4n) is 3.71. The van der Waals surface area contributed by atoms with Gasteiger partial charge in [-0.1, -0.05) is 30.3 Å². The summed E-state index contributed by atoms with van der Waals surface area (Å²) in [5.74, 6) is 0.634. The van der Waals surface area contributed by atoms with Crippen LogP contribution in [0.1, 0.15) is 30.9 Å². The number of hydrogen-bond acceptors (Lipinski definition) is 4. The molecule has 0 spiro atoms. The fraction of sp³-hybridized carbons (Fsp3) is 0.409. The highest BCUT2D eigenvalue weighted by atomic mass is 32.2. The standard InChI is InChI=1S/C22H28N2O4S/c1-17-7-4-5-8-20(17)29(26,27)24-14-6-13-22(2,16-24)21(25)23-15-18-9-11-19(28-3)12-10-18/h4-5,7-12H,6,13-16H2,1-3H3,(H,23,25)/t22-/m1/s1. The number of aryl methyl sites for hydroxylation is 1. The minimum Gasteiger partial charge on any atom is -0.497 e. The number of nitrogens with zero attached hydrogens (tertiary/aromatic N) is 1. The molecule has 1 aliphatic rings. The SMILES string of the molecule is COc1ccc(CNC(=O)[C@]2(C)CCCN(S(=O)(=O)c3ccccc3C)C2)cc1. The Hall–Kier alpha value is -2.38. The highest BCUT2D eigenvalue weighted by molar-refractivity contribution is 7.89. The smallest absolute Gasteiger partial charge is 0.243 e. The van der Waals surface area contributed by atoms with E-state index < -0.39 is 15.4 Å². The normalized spacial score (nSPS) is 20.2. The molecule has 29 heavy (non-hydrogen) atoms. The third kappa shape index (κ3) is 4.62. The number of hydrogen-bond donors (Lipinski definition) is 1. The lowest BCUT2D eigenvalue weighted by atomic mass is 9.82. The molecule has 1 aliphatic heterocycles. The molecule has 3 rings (SSSR count). The molecule has 0 radical (unpaired) electrons. The van der Waals surface area contributed by atoms with Gasteiger partial charge in [0, 0.05) is 19.6 Å². The summed E-state index contributed by atoms with van der Waals surface area (Å²) in [6.07, 6.45) is 1.30. The average molecular weight is 417 g/mol. The molecule has 1 saturated heterocycles. The lowest BCUT2D eigenvalue weighted by Gasteiger charge is -2.38. The van der Waals surface area contributed by atoms with Crippen LogP contribution in [0, 0.1) is 12.3 Å². The van der Waals surface area contributed by atoms with Gasteiger partial charge in [-0.3, -0.25) is 4.79 Å². The largest absolute Gasteiger partial charge is 0.497 e. The van der Waals surface area contributed by atoms with Crippen LogP contribution >= 0.6 is 0 Å². The first-order valence-electron chi connectivity index (χ1n) is 9.73. The van der Waals surface area contributed by atoms with E-state index in [1.807, 2.05) is 37.3 Å². The lowest BCUT2D eigenvalue weighted by Crippen LogP contribution is -2.51. The minimum absolute atomic E-state index is 0.127. The summed E-state index contributed by atoms with van der Waals surface area (Å²) >= 11 is 0. The number of amides is 1. The number of sulfonamides is 1. The molecule has 1 N–H and O–H groups in total. The zero-order valence-corrected chi connectivity index (χ0v) is 18.0. The molecule has 0 aliphatic carbocycles. The molecule has 6 nitrogen and oxygen atoms in total. The summed E-state index contributed by atoms with van der Waals surface area (Å²) in [6.45, 7) is 4.63. The molecular formula is C22H28N2O4S. The van der Waals surface area contributed by atoms with Crippen LogP contribution in [-0.4, -0.2) is 38.8 Å². The van der Waals surface area contributed by atoms with E-state index in [4.69, 9.17) is 4.74 Å². The summed E-state index contributed by atoms with van der Waals surface area (Å²) < 4.78 is 32.9. The molecule has 0 bridgehead atoms. The van der Waals surface area contributed by atoms with E-state index in [1.165, 1.54) is 4.31 Å². The van der Waals surface area contributed by atoms with Crippen LogP contribution in [0.5, 0.6) is 5.75 Å². The first-order valence-corrected chi connectivity index (χ1v) is 11.2.